The third-order valence-corrected chi connectivity index (χ3v) is 5.05. The van der Waals surface area contributed by atoms with Gasteiger partial charge in [-0.3, -0.25) is 0 Å². The number of rotatable bonds is 5. The van der Waals surface area contributed by atoms with E-state index in [0.29, 0.717) is 39.2 Å². The van der Waals surface area contributed by atoms with Crippen LogP contribution in [0.25, 0.3) is 22.9 Å². The largest absolute Gasteiger partial charge is 0.420 e. The molecule has 4 rings (SSSR count). The van der Waals surface area contributed by atoms with Gasteiger partial charge in [0.25, 0.3) is 5.22 Å². The van der Waals surface area contributed by atoms with Gasteiger partial charge in [0.15, 0.2) is 0 Å². The number of thioether (sulfide) groups is 1. The predicted octanol–water partition coefficient (Wildman–Crippen LogP) is 5.49. The van der Waals surface area contributed by atoms with E-state index in [0.717, 1.165) is 10.0 Å². The van der Waals surface area contributed by atoms with Crippen LogP contribution in [0.1, 0.15) is 5.89 Å². The van der Waals surface area contributed by atoms with Crippen LogP contribution in [0.15, 0.2) is 67.1 Å². The molecule has 9 heteroatoms. The van der Waals surface area contributed by atoms with E-state index < -0.39 is 0 Å². The molecule has 0 fully saturated rings. The van der Waals surface area contributed by atoms with Crippen molar-refractivity contribution in [3.05, 3.63) is 63.9 Å². The van der Waals surface area contributed by atoms with E-state index >= 15 is 0 Å². The van der Waals surface area contributed by atoms with E-state index in [9.17, 15) is 0 Å². The van der Waals surface area contributed by atoms with Crippen molar-refractivity contribution in [1.29, 1.82) is 0 Å². The molecule has 0 saturated carbocycles. The van der Waals surface area contributed by atoms with Crippen LogP contribution in [-0.4, -0.2) is 20.4 Å². The fourth-order valence-electron chi connectivity index (χ4n) is 2.16. The molecule has 0 N–H and O–H groups in total. The van der Waals surface area contributed by atoms with Crippen molar-refractivity contribution in [3.8, 4) is 22.9 Å². The summed E-state index contributed by atoms with van der Waals surface area (Å²) in [6.07, 6.45) is 0. The van der Waals surface area contributed by atoms with E-state index in [1.807, 2.05) is 42.5 Å². The monoisotopic (exact) mass is 448 g/mol. The minimum atomic E-state index is 0.374. The molecule has 0 saturated heterocycles. The number of aromatic nitrogens is 4. The normalized spacial score (nSPS) is 11.0. The molecule has 0 aliphatic carbocycles. The molecule has 0 aliphatic heterocycles. The molecule has 4 aromatic rings. The van der Waals surface area contributed by atoms with Crippen LogP contribution in [0.4, 0.5) is 0 Å². The lowest BCUT2D eigenvalue weighted by Crippen LogP contribution is -1.80. The van der Waals surface area contributed by atoms with Crippen LogP contribution in [0.5, 0.6) is 0 Å². The Kier molecular flexibility index (Phi) is 5.05. The van der Waals surface area contributed by atoms with Gasteiger partial charge in [-0.2, -0.15) is 0 Å². The average molecular weight is 450 g/mol. The molecular formula is C17H10BrClN4O2S. The van der Waals surface area contributed by atoms with Crippen molar-refractivity contribution in [2.75, 3.05) is 0 Å². The smallest absolute Gasteiger partial charge is 0.277 e. The molecule has 6 nitrogen and oxygen atoms in total. The van der Waals surface area contributed by atoms with Crippen LogP contribution in [0.3, 0.4) is 0 Å². The summed E-state index contributed by atoms with van der Waals surface area (Å²) in [5, 5.41) is 17.1. The first-order valence-electron chi connectivity index (χ1n) is 7.48. The maximum absolute atomic E-state index is 6.14. The highest BCUT2D eigenvalue weighted by Gasteiger charge is 2.14. The molecule has 0 bridgehead atoms. The Labute approximate surface area is 166 Å². The fourth-order valence-corrected chi connectivity index (χ4v) is 3.24. The van der Waals surface area contributed by atoms with Crippen molar-refractivity contribution in [3.63, 3.8) is 0 Å². The fraction of sp³-hybridized carbons (Fsp3) is 0.0588. The van der Waals surface area contributed by atoms with Crippen molar-refractivity contribution in [1.82, 2.24) is 20.4 Å². The first-order chi connectivity index (χ1) is 12.7. The van der Waals surface area contributed by atoms with Crippen LogP contribution in [0.2, 0.25) is 5.02 Å². The molecular weight excluding hydrogens is 440 g/mol. The Morgan fingerprint density at radius 2 is 1.65 bits per heavy atom. The van der Waals surface area contributed by atoms with Gasteiger partial charge in [-0.15, -0.1) is 20.4 Å². The van der Waals surface area contributed by atoms with Crippen LogP contribution < -0.4 is 0 Å². The summed E-state index contributed by atoms with van der Waals surface area (Å²) in [5.74, 6) is 1.74. The first kappa shape index (κ1) is 17.3. The number of benzene rings is 2. The summed E-state index contributed by atoms with van der Waals surface area (Å²) in [7, 11) is 0. The summed E-state index contributed by atoms with van der Waals surface area (Å²) in [6, 6.07) is 15.0. The lowest BCUT2D eigenvalue weighted by Gasteiger charge is -1.96. The zero-order valence-corrected chi connectivity index (χ0v) is 16.3. The number of hydrogen-bond acceptors (Lipinski definition) is 7. The Balaban J connectivity index is 1.44. The van der Waals surface area contributed by atoms with Crippen molar-refractivity contribution in [2.45, 2.75) is 11.0 Å². The first-order valence-corrected chi connectivity index (χ1v) is 9.64. The second kappa shape index (κ2) is 7.61. The third-order valence-electron chi connectivity index (χ3n) is 3.39. The number of hydrogen-bond donors (Lipinski definition) is 0. The number of halogens is 2. The molecule has 2 aromatic heterocycles. The van der Waals surface area contributed by atoms with E-state index in [4.69, 9.17) is 20.4 Å². The van der Waals surface area contributed by atoms with Crippen LogP contribution >= 0.6 is 39.3 Å². The average Bonchev–Trinajstić information content (AvgIpc) is 3.30. The topological polar surface area (TPSA) is 77.8 Å². The van der Waals surface area contributed by atoms with E-state index in [1.54, 1.807) is 6.07 Å². The summed E-state index contributed by atoms with van der Waals surface area (Å²) < 4.78 is 12.3. The van der Waals surface area contributed by atoms with Gasteiger partial charge >= 0.3 is 0 Å². The molecule has 130 valence electrons. The Bertz CT molecular complexity index is 1040. The maximum atomic E-state index is 6.14. The van der Waals surface area contributed by atoms with E-state index in [2.05, 4.69) is 36.3 Å². The van der Waals surface area contributed by atoms with Crippen molar-refractivity contribution in [2.24, 2.45) is 0 Å². The van der Waals surface area contributed by atoms with Crippen molar-refractivity contribution < 1.29 is 8.83 Å². The molecule has 0 unspecified atom stereocenters. The molecule has 0 spiro atoms. The van der Waals surface area contributed by atoms with Gasteiger partial charge in [0, 0.05) is 10.0 Å². The Morgan fingerprint density at radius 1 is 0.885 bits per heavy atom. The van der Waals surface area contributed by atoms with Gasteiger partial charge in [0.2, 0.25) is 17.7 Å². The Hall–Kier alpha value is -2.16. The number of nitrogens with zero attached hydrogens (tertiary/aromatic N) is 4. The molecule has 0 atom stereocenters. The van der Waals surface area contributed by atoms with Gasteiger partial charge in [0.05, 0.1) is 16.3 Å². The highest BCUT2D eigenvalue weighted by Crippen LogP contribution is 2.30. The molecule has 2 aromatic carbocycles. The zero-order chi connectivity index (χ0) is 17.9. The summed E-state index contributed by atoms with van der Waals surface area (Å²) in [5.41, 5.74) is 1.56. The lowest BCUT2D eigenvalue weighted by molar-refractivity contribution is 0.464. The minimum Gasteiger partial charge on any atom is -0.420 e. The molecule has 0 amide bonds. The molecule has 2 heterocycles. The van der Waals surface area contributed by atoms with Gasteiger partial charge in [-0.1, -0.05) is 51.4 Å². The lowest BCUT2D eigenvalue weighted by atomic mass is 10.2. The van der Waals surface area contributed by atoms with Crippen LogP contribution in [0, 0.1) is 0 Å². The van der Waals surface area contributed by atoms with Gasteiger partial charge in [-0.25, -0.2) is 0 Å². The SMILES string of the molecule is Clc1ccccc1-c1nnc(SCc2nnc(-c3ccc(Br)cc3)o2)o1. The summed E-state index contributed by atoms with van der Waals surface area (Å²) in [4.78, 5) is 0. The summed E-state index contributed by atoms with van der Waals surface area (Å²) >= 11 is 10.9. The third kappa shape index (κ3) is 3.82. The molecule has 0 radical (unpaired) electrons. The minimum absolute atomic E-state index is 0.374. The predicted molar refractivity (Wildman–Crippen MR) is 102 cm³/mol. The van der Waals surface area contributed by atoms with Gasteiger partial charge in [0.1, 0.15) is 0 Å². The second-order valence-electron chi connectivity index (χ2n) is 5.15. The van der Waals surface area contributed by atoms with Crippen molar-refractivity contribution >= 4 is 39.3 Å². The standard InChI is InChI=1S/C17H10BrClN4O2S/c18-11-7-5-10(6-8-11)15-21-20-14(24-15)9-26-17-23-22-16(25-17)12-3-1-2-4-13(12)19/h1-8H,9H2. The highest BCUT2D eigenvalue weighted by molar-refractivity contribution is 9.10. The van der Waals surface area contributed by atoms with E-state index in [-0.39, 0.29) is 0 Å². The maximum Gasteiger partial charge on any atom is 0.277 e. The Morgan fingerprint density at radius 3 is 2.46 bits per heavy atom. The second-order valence-corrected chi connectivity index (χ2v) is 7.40. The molecule has 26 heavy (non-hydrogen) atoms. The molecule has 0 aliphatic rings. The van der Waals surface area contributed by atoms with Crippen LogP contribution in [-0.2, 0) is 5.75 Å². The highest BCUT2D eigenvalue weighted by atomic mass is 79.9. The van der Waals surface area contributed by atoms with E-state index in [1.165, 1.54) is 11.8 Å². The van der Waals surface area contributed by atoms with Gasteiger partial charge in [-0.05, 0) is 36.4 Å². The summed E-state index contributed by atoms with van der Waals surface area (Å²) in [6.45, 7) is 0. The van der Waals surface area contributed by atoms with Gasteiger partial charge < -0.3 is 8.83 Å². The zero-order valence-electron chi connectivity index (χ0n) is 13.1. The quantitative estimate of drug-likeness (QED) is 0.372.